The Morgan fingerprint density at radius 2 is 1.75 bits per heavy atom. The second-order valence-corrected chi connectivity index (χ2v) is 8.28. The highest BCUT2D eigenvalue weighted by Crippen LogP contribution is 2.45. The Bertz CT molecular complexity index is 1010. The van der Waals surface area contributed by atoms with E-state index in [4.69, 9.17) is 0 Å². The highest BCUT2D eigenvalue weighted by Gasteiger charge is 2.21. The van der Waals surface area contributed by atoms with Gasteiger partial charge in [-0.2, -0.15) is 4.57 Å². The van der Waals surface area contributed by atoms with Crippen molar-refractivity contribution in [2.75, 3.05) is 11.9 Å². The number of benzene rings is 2. The number of halogens is 1. The fraction of sp³-hybridized carbons (Fsp3) is 0.190. The highest BCUT2D eigenvalue weighted by molar-refractivity contribution is 8.03. The Hall–Kier alpha value is -1.64. The van der Waals surface area contributed by atoms with Crippen molar-refractivity contribution in [1.82, 2.24) is 0 Å². The highest BCUT2D eigenvalue weighted by atomic mass is 79.9. The van der Waals surface area contributed by atoms with Gasteiger partial charge in [-0.05, 0) is 36.3 Å². The van der Waals surface area contributed by atoms with Gasteiger partial charge >= 0.3 is 0 Å². The Balaban J connectivity index is 0.00000131. The number of rotatable bonds is 3. The summed E-state index contributed by atoms with van der Waals surface area (Å²) in [6, 6.07) is 17.2. The van der Waals surface area contributed by atoms with Crippen LogP contribution in [0.2, 0.25) is 0 Å². The lowest BCUT2D eigenvalue weighted by Gasteiger charge is -2.13. The van der Waals surface area contributed by atoms with Gasteiger partial charge in [-0.15, -0.1) is 0 Å². The standard InChI is InChI=1S/C21H21N2S2.BrH.2H2O/c1-4-15(13-20-22(2)16-9-5-7-11-18(16)24-20)14-21-23(3)17-10-6-8-12-19(17)25-21;;;/h5-14H,4H2,1-3H3;1H;2*1H2/q+1;;;/p-1. The molecule has 0 atom stereocenters. The minimum absolute atomic E-state index is 0. The van der Waals surface area contributed by atoms with Crippen LogP contribution in [0.15, 0.2) is 70.1 Å². The van der Waals surface area contributed by atoms with Gasteiger partial charge in [0.15, 0.2) is 0 Å². The molecule has 4 rings (SSSR count). The van der Waals surface area contributed by atoms with Gasteiger partial charge in [0.1, 0.15) is 11.7 Å². The summed E-state index contributed by atoms with van der Waals surface area (Å²) in [7, 11) is 4.30. The smallest absolute Gasteiger partial charge is 0.262 e. The molecule has 1 aliphatic heterocycles. The minimum Gasteiger partial charge on any atom is -1.00 e. The average Bonchev–Trinajstić information content (AvgIpc) is 3.12. The molecule has 0 amide bonds. The lowest BCUT2D eigenvalue weighted by Crippen LogP contribution is -3.00. The lowest BCUT2D eigenvalue weighted by molar-refractivity contribution is -0.642. The molecule has 0 radical (unpaired) electrons. The van der Waals surface area contributed by atoms with Gasteiger partial charge in [-0.3, -0.25) is 0 Å². The number of fused-ring (bicyclic) bond motifs is 2. The molecule has 4 nitrogen and oxygen atoms in total. The fourth-order valence-corrected chi connectivity index (χ4v) is 5.31. The Morgan fingerprint density at radius 3 is 2.43 bits per heavy atom. The molecule has 0 spiro atoms. The van der Waals surface area contributed by atoms with Crippen molar-refractivity contribution in [2.24, 2.45) is 7.05 Å². The van der Waals surface area contributed by atoms with E-state index >= 15 is 0 Å². The summed E-state index contributed by atoms with van der Waals surface area (Å²) < 4.78 is 3.62. The van der Waals surface area contributed by atoms with Crippen molar-refractivity contribution in [3.63, 3.8) is 0 Å². The van der Waals surface area contributed by atoms with Crippen molar-refractivity contribution in [2.45, 2.75) is 18.2 Å². The van der Waals surface area contributed by atoms with Crippen LogP contribution in [0, 0.1) is 0 Å². The van der Waals surface area contributed by atoms with Gasteiger partial charge in [0.2, 0.25) is 5.52 Å². The Labute approximate surface area is 184 Å². The third kappa shape index (κ3) is 4.50. The van der Waals surface area contributed by atoms with Crippen molar-refractivity contribution >= 4 is 45.1 Å². The number of nitrogens with zero attached hydrogens (tertiary/aromatic N) is 2. The first-order valence-electron chi connectivity index (χ1n) is 8.48. The molecule has 0 unspecified atom stereocenters. The molecule has 3 aromatic rings. The Kier molecular flexibility index (Phi) is 8.91. The first-order valence-corrected chi connectivity index (χ1v) is 10.1. The van der Waals surface area contributed by atoms with E-state index in [2.05, 4.69) is 91.2 Å². The van der Waals surface area contributed by atoms with E-state index in [1.165, 1.54) is 36.4 Å². The number of thiazole rings is 1. The second-order valence-electron chi connectivity index (χ2n) is 6.15. The number of aromatic nitrogens is 1. The van der Waals surface area contributed by atoms with Crippen LogP contribution >= 0.6 is 23.1 Å². The SMILES string of the molecule is CCC(/C=C1\Sc2ccccc2N1C)=C\c1sc2ccccc2[n+]1C.O.O.[Br-]. The van der Waals surface area contributed by atoms with Crippen LogP contribution in [0.1, 0.15) is 18.4 Å². The van der Waals surface area contributed by atoms with Crippen molar-refractivity contribution in [1.29, 1.82) is 0 Å². The zero-order valence-electron chi connectivity index (χ0n) is 16.1. The third-order valence-corrected chi connectivity index (χ3v) is 6.90. The molecule has 7 heteroatoms. The maximum Gasteiger partial charge on any atom is 0.262 e. The molecular weight excluding hydrogens is 456 g/mol. The fourth-order valence-electron chi connectivity index (χ4n) is 3.06. The second kappa shape index (κ2) is 10.2. The molecule has 0 bridgehead atoms. The maximum atomic E-state index is 2.33. The van der Waals surface area contributed by atoms with Crippen molar-refractivity contribution in [3.05, 3.63) is 70.2 Å². The van der Waals surface area contributed by atoms with Crippen molar-refractivity contribution < 1.29 is 32.5 Å². The van der Waals surface area contributed by atoms with E-state index in [0.717, 1.165) is 6.42 Å². The number of hydrogen-bond acceptors (Lipinski definition) is 3. The summed E-state index contributed by atoms with van der Waals surface area (Å²) in [6.07, 6.45) is 5.67. The van der Waals surface area contributed by atoms with Gasteiger partial charge in [0.25, 0.3) is 5.01 Å². The molecule has 0 aliphatic carbocycles. The molecule has 0 saturated carbocycles. The number of para-hydroxylation sites is 2. The molecule has 28 heavy (non-hydrogen) atoms. The molecule has 1 aromatic heterocycles. The summed E-state index contributed by atoms with van der Waals surface area (Å²) in [6.45, 7) is 2.23. The van der Waals surface area contributed by atoms with Crippen LogP contribution in [0.3, 0.4) is 0 Å². The molecule has 2 aromatic carbocycles. The average molecular weight is 481 g/mol. The molecule has 150 valence electrons. The third-order valence-electron chi connectivity index (χ3n) is 4.57. The van der Waals surface area contributed by atoms with Gasteiger partial charge in [-0.25, -0.2) is 0 Å². The van der Waals surface area contributed by atoms with E-state index in [9.17, 15) is 0 Å². The molecule has 0 saturated heterocycles. The van der Waals surface area contributed by atoms with Crippen LogP contribution in [-0.2, 0) is 7.05 Å². The monoisotopic (exact) mass is 480 g/mol. The summed E-state index contributed by atoms with van der Waals surface area (Å²) in [5, 5.41) is 2.58. The number of aryl methyl sites for hydroxylation is 1. The number of thioether (sulfide) groups is 1. The molecule has 0 fully saturated rings. The zero-order valence-corrected chi connectivity index (χ0v) is 19.3. The number of hydrogen-bond donors (Lipinski definition) is 0. The van der Waals surface area contributed by atoms with E-state index in [0.29, 0.717) is 0 Å². The zero-order chi connectivity index (χ0) is 17.4. The molecule has 1 aliphatic rings. The molecule has 2 heterocycles. The van der Waals surface area contributed by atoms with E-state index in [1.54, 1.807) is 0 Å². The van der Waals surface area contributed by atoms with Gasteiger partial charge < -0.3 is 32.8 Å². The maximum absolute atomic E-state index is 2.33. The predicted molar refractivity (Wildman–Crippen MR) is 117 cm³/mol. The van der Waals surface area contributed by atoms with Crippen LogP contribution in [-0.4, -0.2) is 18.0 Å². The summed E-state index contributed by atoms with van der Waals surface area (Å²) in [5.74, 6) is 0. The van der Waals surface area contributed by atoms with Gasteiger partial charge in [0, 0.05) is 24.1 Å². The number of anilines is 1. The largest absolute Gasteiger partial charge is 1.00 e. The summed E-state index contributed by atoms with van der Waals surface area (Å²) >= 11 is 3.70. The van der Waals surface area contributed by atoms with Crippen molar-refractivity contribution in [3.8, 4) is 0 Å². The molecular formula is C21H25BrN2O2S2. The number of allylic oxidation sites excluding steroid dienone is 2. The lowest BCUT2D eigenvalue weighted by atomic mass is 10.2. The van der Waals surface area contributed by atoms with Gasteiger partial charge in [-0.1, -0.05) is 54.3 Å². The predicted octanol–water partition coefficient (Wildman–Crippen LogP) is 0.957. The first-order chi connectivity index (χ1) is 12.2. The minimum atomic E-state index is 0. The van der Waals surface area contributed by atoms with Crippen LogP contribution < -0.4 is 26.4 Å². The quantitative estimate of drug-likeness (QED) is 0.523. The summed E-state index contributed by atoms with van der Waals surface area (Å²) in [4.78, 5) is 3.62. The molecule has 4 N–H and O–H groups in total. The topological polar surface area (TPSA) is 70.1 Å². The van der Waals surface area contributed by atoms with Crippen LogP contribution in [0.5, 0.6) is 0 Å². The first kappa shape index (κ1) is 24.4. The van der Waals surface area contributed by atoms with Gasteiger partial charge in [0.05, 0.1) is 10.7 Å². The van der Waals surface area contributed by atoms with E-state index in [1.807, 2.05) is 23.1 Å². The Morgan fingerprint density at radius 1 is 1.07 bits per heavy atom. The summed E-state index contributed by atoms with van der Waals surface area (Å²) in [5.41, 5.74) is 3.94. The normalized spacial score (nSPS) is 14.3. The van der Waals surface area contributed by atoms with Crippen LogP contribution in [0.4, 0.5) is 5.69 Å². The van der Waals surface area contributed by atoms with E-state index < -0.39 is 0 Å². The van der Waals surface area contributed by atoms with Crippen LogP contribution in [0.25, 0.3) is 16.3 Å². The van der Waals surface area contributed by atoms with E-state index in [-0.39, 0.29) is 27.9 Å².